The Kier molecular flexibility index (Phi) is 5.21. The lowest BCUT2D eigenvalue weighted by molar-refractivity contribution is 0.0450. The Balaban J connectivity index is 1.80. The van der Waals surface area contributed by atoms with Crippen molar-refractivity contribution in [2.75, 3.05) is 13.2 Å². The molecular weight excluding hydrogens is 276 g/mol. The summed E-state index contributed by atoms with van der Waals surface area (Å²) >= 11 is 0. The molecule has 2 rings (SSSR count). The van der Waals surface area contributed by atoms with E-state index in [2.05, 4.69) is 20.8 Å². The quantitative estimate of drug-likeness (QED) is 0.612. The van der Waals surface area contributed by atoms with Gasteiger partial charge in [0.2, 0.25) is 0 Å². The maximum atomic E-state index is 11.9. The summed E-state index contributed by atoms with van der Waals surface area (Å²) in [4.78, 5) is 11.9. The van der Waals surface area contributed by atoms with E-state index in [4.69, 9.17) is 9.47 Å². The van der Waals surface area contributed by atoms with Crippen LogP contribution in [-0.4, -0.2) is 19.2 Å². The highest BCUT2D eigenvalue weighted by Crippen LogP contribution is 2.22. The van der Waals surface area contributed by atoms with Crippen molar-refractivity contribution < 1.29 is 14.3 Å². The smallest absolute Gasteiger partial charge is 0.338 e. The molecule has 3 nitrogen and oxygen atoms in total. The molecule has 0 unspecified atom stereocenters. The molecule has 0 heterocycles. The fraction of sp³-hybridized carbons (Fsp3) is 0.316. The van der Waals surface area contributed by atoms with Crippen LogP contribution >= 0.6 is 0 Å². The van der Waals surface area contributed by atoms with Crippen LogP contribution in [0.25, 0.3) is 0 Å². The number of benzene rings is 2. The minimum atomic E-state index is -0.322. The van der Waals surface area contributed by atoms with E-state index < -0.39 is 0 Å². The predicted molar refractivity (Wildman–Crippen MR) is 87.4 cm³/mol. The predicted octanol–water partition coefficient (Wildman–Crippen LogP) is 4.22. The molecule has 3 heteroatoms. The SMILES string of the molecule is CC(C)(C)c1ccc(C(=O)OCCOc2ccccc2)cc1. The second kappa shape index (κ2) is 7.12. The van der Waals surface area contributed by atoms with Gasteiger partial charge in [0.05, 0.1) is 5.56 Å². The molecule has 0 amide bonds. The summed E-state index contributed by atoms with van der Waals surface area (Å²) < 4.78 is 10.7. The molecule has 0 aliphatic carbocycles. The summed E-state index contributed by atoms with van der Waals surface area (Å²) in [5.74, 6) is 0.449. The maximum absolute atomic E-state index is 11.9. The van der Waals surface area contributed by atoms with Gasteiger partial charge >= 0.3 is 5.97 Å². The number of ether oxygens (including phenoxy) is 2. The third-order valence-electron chi connectivity index (χ3n) is 3.32. The van der Waals surface area contributed by atoms with Gasteiger partial charge in [-0.15, -0.1) is 0 Å². The van der Waals surface area contributed by atoms with E-state index >= 15 is 0 Å². The van der Waals surface area contributed by atoms with E-state index in [9.17, 15) is 4.79 Å². The molecule has 2 aromatic carbocycles. The van der Waals surface area contributed by atoms with Crippen molar-refractivity contribution in [2.45, 2.75) is 26.2 Å². The molecule has 0 N–H and O–H groups in total. The van der Waals surface area contributed by atoms with Crippen LogP contribution in [0.2, 0.25) is 0 Å². The van der Waals surface area contributed by atoms with Crippen molar-refractivity contribution in [1.82, 2.24) is 0 Å². The topological polar surface area (TPSA) is 35.5 Å². The Hall–Kier alpha value is -2.29. The van der Waals surface area contributed by atoms with Crippen molar-refractivity contribution in [1.29, 1.82) is 0 Å². The fourth-order valence-corrected chi connectivity index (χ4v) is 2.00. The van der Waals surface area contributed by atoms with Crippen molar-refractivity contribution in [3.05, 3.63) is 65.7 Å². The molecule has 0 saturated carbocycles. The van der Waals surface area contributed by atoms with Crippen LogP contribution in [0.15, 0.2) is 54.6 Å². The highest BCUT2D eigenvalue weighted by Gasteiger charge is 2.14. The molecular formula is C19H22O3. The van der Waals surface area contributed by atoms with E-state index in [1.807, 2.05) is 42.5 Å². The van der Waals surface area contributed by atoms with Crippen LogP contribution in [0.3, 0.4) is 0 Å². The molecule has 22 heavy (non-hydrogen) atoms. The van der Waals surface area contributed by atoms with Gasteiger partial charge in [0, 0.05) is 0 Å². The van der Waals surface area contributed by atoms with Crippen LogP contribution < -0.4 is 4.74 Å². The molecule has 0 aromatic heterocycles. The van der Waals surface area contributed by atoms with Gasteiger partial charge < -0.3 is 9.47 Å². The summed E-state index contributed by atoms with van der Waals surface area (Å²) in [6, 6.07) is 17.0. The summed E-state index contributed by atoms with van der Waals surface area (Å²) in [7, 11) is 0. The first kappa shape index (κ1) is 16.1. The number of hydrogen-bond acceptors (Lipinski definition) is 3. The number of carbonyl (C=O) groups is 1. The van der Waals surface area contributed by atoms with Gasteiger partial charge in [-0.3, -0.25) is 0 Å². The molecule has 0 spiro atoms. The Morgan fingerprint density at radius 2 is 1.55 bits per heavy atom. The van der Waals surface area contributed by atoms with Gasteiger partial charge in [0.15, 0.2) is 0 Å². The average molecular weight is 298 g/mol. The van der Waals surface area contributed by atoms with E-state index in [-0.39, 0.29) is 18.0 Å². The van der Waals surface area contributed by atoms with Gasteiger partial charge in [-0.25, -0.2) is 4.79 Å². The molecule has 0 atom stereocenters. The summed E-state index contributed by atoms with van der Waals surface area (Å²) in [5, 5.41) is 0. The van der Waals surface area contributed by atoms with Crippen LogP contribution in [0.4, 0.5) is 0 Å². The second-order valence-electron chi connectivity index (χ2n) is 6.12. The summed E-state index contributed by atoms with van der Waals surface area (Å²) in [6.45, 7) is 6.99. The van der Waals surface area contributed by atoms with Gasteiger partial charge in [0.1, 0.15) is 19.0 Å². The third-order valence-corrected chi connectivity index (χ3v) is 3.32. The molecule has 0 aliphatic heterocycles. The second-order valence-corrected chi connectivity index (χ2v) is 6.12. The minimum Gasteiger partial charge on any atom is -0.490 e. The van der Waals surface area contributed by atoms with Crippen molar-refractivity contribution >= 4 is 5.97 Å². The zero-order valence-electron chi connectivity index (χ0n) is 13.3. The zero-order valence-corrected chi connectivity index (χ0v) is 13.3. The standard InChI is InChI=1S/C19H22O3/c1-19(2,3)16-11-9-15(10-12-16)18(20)22-14-13-21-17-7-5-4-6-8-17/h4-12H,13-14H2,1-3H3. The molecule has 0 saturated heterocycles. The Labute approximate surface area is 131 Å². The van der Waals surface area contributed by atoms with Gasteiger partial charge in [-0.1, -0.05) is 51.1 Å². The van der Waals surface area contributed by atoms with Crippen molar-refractivity contribution in [2.24, 2.45) is 0 Å². The van der Waals surface area contributed by atoms with Crippen LogP contribution in [0.5, 0.6) is 5.75 Å². The maximum Gasteiger partial charge on any atom is 0.338 e. The van der Waals surface area contributed by atoms with Crippen molar-refractivity contribution in [3.63, 3.8) is 0 Å². The largest absolute Gasteiger partial charge is 0.490 e. The van der Waals surface area contributed by atoms with E-state index in [0.29, 0.717) is 12.2 Å². The highest BCUT2D eigenvalue weighted by molar-refractivity contribution is 5.89. The van der Waals surface area contributed by atoms with E-state index in [1.54, 1.807) is 12.1 Å². The molecule has 0 radical (unpaired) electrons. The number of rotatable bonds is 5. The number of para-hydroxylation sites is 1. The van der Waals surface area contributed by atoms with Gasteiger partial charge in [-0.05, 0) is 35.2 Å². The lowest BCUT2D eigenvalue weighted by atomic mass is 9.87. The lowest BCUT2D eigenvalue weighted by Gasteiger charge is -2.18. The summed E-state index contributed by atoms with van der Waals surface area (Å²) in [6.07, 6.45) is 0. The summed E-state index contributed by atoms with van der Waals surface area (Å²) in [5.41, 5.74) is 1.83. The Bertz CT molecular complexity index is 595. The van der Waals surface area contributed by atoms with E-state index in [0.717, 1.165) is 5.75 Å². The highest BCUT2D eigenvalue weighted by atomic mass is 16.6. The van der Waals surface area contributed by atoms with Gasteiger partial charge in [-0.2, -0.15) is 0 Å². The lowest BCUT2D eigenvalue weighted by Crippen LogP contribution is -2.14. The molecule has 0 bridgehead atoms. The van der Waals surface area contributed by atoms with Gasteiger partial charge in [0.25, 0.3) is 0 Å². The average Bonchev–Trinajstić information content (AvgIpc) is 2.52. The first-order valence-electron chi connectivity index (χ1n) is 7.42. The van der Waals surface area contributed by atoms with E-state index in [1.165, 1.54) is 5.56 Å². The van der Waals surface area contributed by atoms with Crippen LogP contribution in [0, 0.1) is 0 Å². The normalized spacial score (nSPS) is 11.0. The van der Waals surface area contributed by atoms with Crippen LogP contribution in [0.1, 0.15) is 36.7 Å². The van der Waals surface area contributed by atoms with Crippen molar-refractivity contribution in [3.8, 4) is 5.75 Å². The first-order valence-corrected chi connectivity index (χ1v) is 7.42. The minimum absolute atomic E-state index is 0.0754. The molecule has 2 aromatic rings. The monoisotopic (exact) mass is 298 g/mol. The number of esters is 1. The Morgan fingerprint density at radius 1 is 0.909 bits per heavy atom. The van der Waals surface area contributed by atoms with Crippen LogP contribution in [-0.2, 0) is 10.2 Å². The first-order chi connectivity index (χ1) is 10.5. The zero-order chi connectivity index (χ0) is 16.0. The Morgan fingerprint density at radius 3 is 2.14 bits per heavy atom. The number of hydrogen-bond donors (Lipinski definition) is 0. The fourth-order valence-electron chi connectivity index (χ4n) is 2.00. The molecule has 116 valence electrons. The third kappa shape index (κ3) is 4.62. The number of carbonyl (C=O) groups excluding carboxylic acids is 1. The molecule has 0 fully saturated rings. The molecule has 0 aliphatic rings.